The van der Waals surface area contributed by atoms with Crippen molar-refractivity contribution >= 4 is 5.78 Å². The molecular weight excluding hydrogens is 302 g/mol. The summed E-state index contributed by atoms with van der Waals surface area (Å²) < 4.78 is 6.83. The van der Waals surface area contributed by atoms with Gasteiger partial charge in [-0.3, -0.25) is 9.48 Å². The zero-order valence-electron chi connectivity index (χ0n) is 13.6. The monoisotopic (exact) mass is 321 g/mol. The molecule has 0 saturated carbocycles. The summed E-state index contributed by atoms with van der Waals surface area (Å²) in [5.74, 6) is 0.740. The fourth-order valence-electron chi connectivity index (χ4n) is 2.44. The third-order valence-electron chi connectivity index (χ3n) is 3.82. The fourth-order valence-corrected chi connectivity index (χ4v) is 2.44. The molecule has 122 valence electrons. The van der Waals surface area contributed by atoms with Gasteiger partial charge in [0.15, 0.2) is 5.78 Å². The molecule has 24 heavy (non-hydrogen) atoms. The van der Waals surface area contributed by atoms with Crippen LogP contribution in [0.25, 0.3) is 0 Å². The highest BCUT2D eigenvalue weighted by Crippen LogP contribution is 2.13. The summed E-state index contributed by atoms with van der Waals surface area (Å²) in [7, 11) is 1.62. The van der Waals surface area contributed by atoms with Gasteiger partial charge in [-0.1, -0.05) is 47.7 Å². The molecule has 0 spiro atoms. The van der Waals surface area contributed by atoms with Crippen molar-refractivity contribution in [2.24, 2.45) is 0 Å². The number of rotatable bonds is 7. The maximum absolute atomic E-state index is 12.3. The number of nitrogens with zero attached hydrogens (tertiary/aromatic N) is 3. The van der Waals surface area contributed by atoms with Crippen LogP contribution in [0.3, 0.4) is 0 Å². The van der Waals surface area contributed by atoms with E-state index in [0.29, 0.717) is 18.7 Å². The third kappa shape index (κ3) is 4.07. The lowest BCUT2D eigenvalue weighted by Gasteiger charge is -2.02. The normalized spacial score (nSPS) is 10.5. The van der Waals surface area contributed by atoms with E-state index >= 15 is 0 Å². The summed E-state index contributed by atoms with van der Waals surface area (Å²) >= 11 is 0. The molecule has 3 rings (SSSR count). The lowest BCUT2D eigenvalue weighted by atomic mass is 10.1. The number of methoxy groups -OCH3 is 1. The molecule has 0 aliphatic heterocycles. The number of hydrogen-bond donors (Lipinski definition) is 0. The van der Waals surface area contributed by atoms with Crippen LogP contribution in [0.2, 0.25) is 0 Å². The molecule has 1 aromatic heterocycles. The number of hydrogen-bond acceptors (Lipinski definition) is 4. The van der Waals surface area contributed by atoms with E-state index in [-0.39, 0.29) is 5.78 Å². The smallest absolute Gasteiger partial charge is 0.189 e. The average molecular weight is 321 g/mol. The van der Waals surface area contributed by atoms with Gasteiger partial charge in [0.25, 0.3) is 0 Å². The third-order valence-corrected chi connectivity index (χ3v) is 3.82. The molecule has 0 bridgehead atoms. The Kier molecular flexibility index (Phi) is 5.01. The van der Waals surface area contributed by atoms with Gasteiger partial charge in [0.1, 0.15) is 11.4 Å². The largest absolute Gasteiger partial charge is 0.497 e. The van der Waals surface area contributed by atoms with Gasteiger partial charge in [-0.25, -0.2) is 0 Å². The average Bonchev–Trinajstić information content (AvgIpc) is 3.11. The van der Waals surface area contributed by atoms with E-state index in [0.717, 1.165) is 17.7 Å². The van der Waals surface area contributed by atoms with Crippen molar-refractivity contribution in [3.8, 4) is 5.75 Å². The first-order valence-electron chi connectivity index (χ1n) is 7.85. The van der Waals surface area contributed by atoms with E-state index in [4.69, 9.17) is 4.74 Å². The molecule has 0 N–H and O–H groups in total. The molecule has 0 saturated heterocycles. The predicted octanol–water partition coefficient (Wildman–Crippen LogP) is 2.95. The van der Waals surface area contributed by atoms with E-state index in [9.17, 15) is 4.79 Å². The van der Waals surface area contributed by atoms with Gasteiger partial charge in [0.2, 0.25) is 0 Å². The Hall–Kier alpha value is -2.95. The van der Waals surface area contributed by atoms with Crippen molar-refractivity contribution in [2.75, 3.05) is 7.11 Å². The number of ether oxygens (including phenoxy) is 1. The molecule has 0 fully saturated rings. The van der Waals surface area contributed by atoms with Crippen LogP contribution in [0.15, 0.2) is 60.8 Å². The summed E-state index contributed by atoms with van der Waals surface area (Å²) in [5.41, 5.74) is 2.57. The summed E-state index contributed by atoms with van der Waals surface area (Å²) in [4.78, 5) is 12.3. The molecule has 2 aromatic carbocycles. The molecule has 0 atom stereocenters. The van der Waals surface area contributed by atoms with Crippen LogP contribution in [0.1, 0.15) is 21.6 Å². The molecule has 0 aliphatic carbocycles. The predicted molar refractivity (Wildman–Crippen MR) is 91.2 cm³/mol. The molecule has 0 radical (unpaired) electrons. The number of aromatic nitrogens is 3. The van der Waals surface area contributed by atoms with E-state index in [1.807, 2.05) is 42.5 Å². The van der Waals surface area contributed by atoms with Crippen molar-refractivity contribution < 1.29 is 9.53 Å². The maximum atomic E-state index is 12.3. The Labute approximate surface area is 140 Å². The number of carbonyl (C=O) groups is 1. The van der Waals surface area contributed by atoms with Crippen molar-refractivity contribution in [1.29, 1.82) is 0 Å². The van der Waals surface area contributed by atoms with Crippen LogP contribution in [0.5, 0.6) is 5.75 Å². The van der Waals surface area contributed by atoms with Crippen LogP contribution < -0.4 is 4.74 Å². The number of carbonyl (C=O) groups excluding carboxylic acids is 1. The second kappa shape index (κ2) is 7.55. The second-order valence-corrected chi connectivity index (χ2v) is 5.55. The molecule has 0 unspecified atom stereocenters. The second-order valence-electron chi connectivity index (χ2n) is 5.55. The standard InChI is InChI=1S/C19H19N3O2/c1-24-17-9-7-16(8-10-17)13-19(23)18-14-22(21-20-18)12-11-15-5-3-2-4-6-15/h2-10,14H,11-13H2,1H3. The van der Waals surface area contributed by atoms with Crippen LogP contribution in [0, 0.1) is 0 Å². The van der Waals surface area contributed by atoms with Gasteiger partial charge in [0, 0.05) is 13.0 Å². The first-order chi connectivity index (χ1) is 11.7. The fraction of sp³-hybridized carbons (Fsp3) is 0.211. The van der Waals surface area contributed by atoms with Crippen LogP contribution >= 0.6 is 0 Å². The van der Waals surface area contributed by atoms with Crippen molar-refractivity contribution in [1.82, 2.24) is 15.0 Å². The van der Waals surface area contributed by atoms with Crippen LogP contribution in [-0.4, -0.2) is 27.9 Å². The Morgan fingerprint density at radius 1 is 1.04 bits per heavy atom. The topological polar surface area (TPSA) is 57.0 Å². The molecule has 0 aliphatic rings. The first kappa shape index (κ1) is 15.9. The highest BCUT2D eigenvalue weighted by molar-refractivity contribution is 5.95. The SMILES string of the molecule is COc1ccc(CC(=O)c2cn(CCc3ccccc3)nn2)cc1. The quantitative estimate of drug-likeness (QED) is 0.628. The summed E-state index contributed by atoms with van der Waals surface area (Å²) in [6.45, 7) is 0.701. The van der Waals surface area contributed by atoms with E-state index in [1.165, 1.54) is 5.56 Å². The number of Topliss-reactive ketones (excluding diaryl/α,β-unsaturated/α-hetero) is 1. The molecule has 5 heteroatoms. The number of ketones is 1. The Bertz CT molecular complexity index is 795. The first-order valence-corrected chi connectivity index (χ1v) is 7.85. The number of benzene rings is 2. The minimum Gasteiger partial charge on any atom is -0.497 e. The number of aryl methyl sites for hydroxylation is 2. The van der Waals surface area contributed by atoms with E-state index in [1.54, 1.807) is 18.0 Å². The van der Waals surface area contributed by atoms with E-state index < -0.39 is 0 Å². The van der Waals surface area contributed by atoms with Gasteiger partial charge in [-0.15, -0.1) is 5.10 Å². The Morgan fingerprint density at radius 2 is 1.79 bits per heavy atom. The lowest BCUT2D eigenvalue weighted by Crippen LogP contribution is -2.04. The van der Waals surface area contributed by atoms with Gasteiger partial charge in [-0.05, 0) is 29.7 Å². The molecular formula is C19H19N3O2. The highest BCUT2D eigenvalue weighted by atomic mass is 16.5. The zero-order chi connectivity index (χ0) is 16.8. The van der Waals surface area contributed by atoms with Crippen molar-refractivity contribution in [2.45, 2.75) is 19.4 Å². The summed E-state index contributed by atoms with van der Waals surface area (Å²) in [6, 6.07) is 17.6. The van der Waals surface area contributed by atoms with Crippen molar-refractivity contribution in [3.63, 3.8) is 0 Å². The molecule has 0 amide bonds. The lowest BCUT2D eigenvalue weighted by molar-refractivity contribution is 0.0988. The Balaban J connectivity index is 1.58. The van der Waals surface area contributed by atoms with Gasteiger partial charge in [-0.2, -0.15) is 0 Å². The minimum atomic E-state index is -0.0360. The van der Waals surface area contributed by atoms with Crippen LogP contribution in [0.4, 0.5) is 0 Å². The maximum Gasteiger partial charge on any atom is 0.189 e. The van der Waals surface area contributed by atoms with Crippen LogP contribution in [-0.2, 0) is 19.4 Å². The molecule has 5 nitrogen and oxygen atoms in total. The Morgan fingerprint density at radius 3 is 2.50 bits per heavy atom. The molecule has 3 aromatic rings. The highest BCUT2D eigenvalue weighted by Gasteiger charge is 2.12. The van der Waals surface area contributed by atoms with Gasteiger partial charge in [0.05, 0.1) is 13.3 Å². The van der Waals surface area contributed by atoms with Crippen molar-refractivity contribution in [3.05, 3.63) is 77.6 Å². The van der Waals surface area contributed by atoms with Gasteiger partial charge < -0.3 is 4.74 Å². The summed E-state index contributed by atoms with van der Waals surface area (Å²) in [5, 5.41) is 8.04. The van der Waals surface area contributed by atoms with Gasteiger partial charge >= 0.3 is 0 Å². The molecule has 1 heterocycles. The zero-order valence-corrected chi connectivity index (χ0v) is 13.6. The van der Waals surface area contributed by atoms with E-state index in [2.05, 4.69) is 22.4 Å². The summed E-state index contributed by atoms with van der Waals surface area (Å²) in [6.07, 6.45) is 2.88. The minimum absolute atomic E-state index is 0.0360.